The largest absolute Gasteiger partial charge is 0.361 e. The number of amides is 1. The molecule has 1 aliphatic heterocycles. The molecule has 1 N–H and O–H groups in total. The molecule has 7 heteroatoms. The maximum Gasteiger partial charge on any atom is 0.223 e. The van der Waals surface area contributed by atoms with Crippen molar-refractivity contribution < 1.29 is 9.32 Å². The molecule has 4 heterocycles. The van der Waals surface area contributed by atoms with Crippen molar-refractivity contribution in [1.29, 1.82) is 0 Å². The molecular weight excluding hydrogens is 330 g/mol. The molecule has 0 radical (unpaired) electrons. The van der Waals surface area contributed by atoms with Crippen LogP contribution in [0, 0.1) is 13.8 Å². The van der Waals surface area contributed by atoms with Crippen molar-refractivity contribution in [3.05, 3.63) is 64.8 Å². The van der Waals surface area contributed by atoms with Crippen LogP contribution in [0.4, 0.5) is 0 Å². The van der Waals surface area contributed by atoms with Gasteiger partial charge in [0.15, 0.2) is 0 Å². The highest BCUT2D eigenvalue weighted by Crippen LogP contribution is 2.33. The van der Waals surface area contributed by atoms with E-state index in [1.165, 1.54) is 0 Å². The Morgan fingerprint density at radius 2 is 2.15 bits per heavy atom. The zero-order valence-corrected chi connectivity index (χ0v) is 14.9. The maximum absolute atomic E-state index is 13.1. The molecule has 0 fully saturated rings. The summed E-state index contributed by atoms with van der Waals surface area (Å²) in [5.41, 5.74) is 4.93. The second kappa shape index (κ2) is 6.74. The third-order valence-corrected chi connectivity index (χ3v) is 5.04. The molecule has 1 unspecified atom stereocenters. The first kappa shape index (κ1) is 16.5. The summed E-state index contributed by atoms with van der Waals surface area (Å²) >= 11 is 0. The molecule has 26 heavy (non-hydrogen) atoms. The summed E-state index contributed by atoms with van der Waals surface area (Å²) in [5.74, 6) is 0.898. The second-order valence-electron chi connectivity index (χ2n) is 6.59. The molecule has 0 saturated heterocycles. The Kier molecular flexibility index (Phi) is 4.28. The first-order chi connectivity index (χ1) is 12.6. The van der Waals surface area contributed by atoms with Gasteiger partial charge in [-0.15, -0.1) is 0 Å². The first-order valence-electron chi connectivity index (χ1n) is 8.78. The molecule has 0 saturated carbocycles. The van der Waals surface area contributed by atoms with E-state index in [9.17, 15) is 4.79 Å². The Morgan fingerprint density at radius 1 is 1.35 bits per heavy atom. The van der Waals surface area contributed by atoms with Gasteiger partial charge >= 0.3 is 0 Å². The molecule has 7 nitrogen and oxygen atoms in total. The maximum atomic E-state index is 13.1. The lowest BCUT2D eigenvalue weighted by atomic mass is 9.95. The van der Waals surface area contributed by atoms with Crippen LogP contribution in [0.1, 0.15) is 46.4 Å². The highest BCUT2D eigenvalue weighted by molar-refractivity contribution is 5.78. The number of nitrogens with zero attached hydrogens (tertiary/aromatic N) is 4. The predicted molar refractivity (Wildman–Crippen MR) is 94.4 cm³/mol. The van der Waals surface area contributed by atoms with Crippen molar-refractivity contribution in [3.8, 4) is 0 Å². The van der Waals surface area contributed by atoms with E-state index in [0.717, 1.165) is 40.4 Å². The molecule has 0 bridgehead atoms. The molecule has 4 rings (SSSR count). The predicted octanol–water partition coefficient (Wildman–Crippen LogP) is 2.52. The van der Waals surface area contributed by atoms with E-state index < -0.39 is 0 Å². The van der Waals surface area contributed by atoms with Gasteiger partial charge in [0.25, 0.3) is 0 Å². The minimum absolute atomic E-state index is 0.112. The van der Waals surface area contributed by atoms with Crippen LogP contribution in [0.15, 0.2) is 35.4 Å². The Labute approximate surface area is 151 Å². The molecule has 0 aromatic carbocycles. The van der Waals surface area contributed by atoms with Gasteiger partial charge in [0, 0.05) is 43.0 Å². The zero-order valence-electron chi connectivity index (χ0n) is 14.9. The Morgan fingerprint density at radius 3 is 2.88 bits per heavy atom. The van der Waals surface area contributed by atoms with Crippen molar-refractivity contribution in [2.45, 2.75) is 39.2 Å². The Hall–Kier alpha value is -2.96. The summed E-state index contributed by atoms with van der Waals surface area (Å²) < 4.78 is 5.20. The van der Waals surface area contributed by atoms with E-state index in [0.29, 0.717) is 19.4 Å². The van der Waals surface area contributed by atoms with Gasteiger partial charge in [0.05, 0.1) is 17.7 Å². The van der Waals surface area contributed by atoms with Crippen LogP contribution >= 0.6 is 0 Å². The minimum atomic E-state index is -0.176. The van der Waals surface area contributed by atoms with E-state index in [-0.39, 0.29) is 11.9 Å². The number of carbonyl (C=O) groups is 1. The lowest BCUT2D eigenvalue weighted by Crippen LogP contribution is -2.40. The number of aromatic amines is 1. The van der Waals surface area contributed by atoms with Crippen molar-refractivity contribution in [2.75, 3.05) is 6.54 Å². The van der Waals surface area contributed by atoms with Crippen molar-refractivity contribution in [1.82, 2.24) is 25.0 Å². The lowest BCUT2D eigenvalue weighted by molar-refractivity contribution is -0.133. The van der Waals surface area contributed by atoms with Gasteiger partial charge in [0.2, 0.25) is 5.91 Å². The number of hydrogen-bond donors (Lipinski definition) is 1. The van der Waals surface area contributed by atoms with Gasteiger partial charge in [-0.2, -0.15) is 0 Å². The number of nitrogens with one attached hydrogen (secondary N) is 1. The average Bonchev–Trinajstić information content (AvgIpc) is 3.26. The fourth-order valence-corrected chi connectivity index (χ4v) is 3.66. The third-order valence-electron chi connectivity index (χ3n) is 5.04. The van der Waals surface area contributed by atoms with E-state index in [1.54, 1.807) is 18.7 Å². The average molecular weight is 351 g/mol. The molecule has 0 aliphatic carbocycles. The molecule has 3 aromatic heterocycles. The number of rotatable bonds is 4. The van der Waals surface area contributed by atoms with Crippen LogP contribution in [-0.4, -0.2) is 37.5 Å². The van der Waals surface area contributed by atoms with Crippen molar-refractivity contribution in [3.63, 3.8) is 0 Å². The van der Waals surface area contributed by atoms with Gasteiger partial charge < -0.3 is 14.4 Å². The quantitative estimate of drug-likeness (QED) is 0.780. The molecule has 0 spiro atoms. The van der Waals surface area contributed by atoms with Crippen molar-refractivity contribution >= 4 is 5.91 Å². The Bertz CT molecular complexity index is 896. The number of imidazole rings is 1. The van der Waals surface area contributed by atoms with Gasteiger partial charge in [-0.1, -0.05) is 5.16 Å². The van der Waals surface area contributed by atoms with Gasteiger partial charge in [0.1, 0.15) is 11.8 Å². The van der Waals surface area contributed by atoms with Crippen LogP contribution in [0.3, 0.4) is 0 Å². The van der Waals surface area contributed by atoms with Crippen LogP contribution in [0.5, 0.6) is 0 Å². The molecule has 1 aliphatic rings. The number of aryl methyl sites for hydroxylation is 2. The smallest absolute Gasteiger partial charge is 0.223 e. The second-order valence-corrected chi connectivity index (χ2v) is 6.59. The molecule has 134 valence electrons. The number of aromatic nitrogens is 4. The van der Waals surface area contributed by atoms with Crippen LogP contribution in [0.2, 0.25) is 0 Å². The number of fused-ring (bicyclic) bond motifs is 1. The highest BCUT2D eigenvalue weighted by atomic mass is 16.5. The summed E-state index contributed by atoms with van der Waals surface area (Å²) in [6.45, 7) is 4.46. The summed E-state index contributed by atoms with van der Waals surface area (Å²) in [6, 6.07) is 3.72. The van der Waals surface area contributed by atoms with Gasteiger partial charge in [-0.05, 0) is 38.0 Å². The van der Waals surface area contributed by atoms with E-state index in [2.05, 4.69) is 20.1 Å². The fourth-order valence-electron chi connectivity index (χ4n) is 3.66. The van der Waals surface area contributed by atoms with Gasteiger partial charge in [-0.25, -0.2) is 4.98 Å². The molecular formula is C19H21N5O2. The highest BCUT2D eigenvalue weighted by Gasteiger charge is 2.33. The van der Waals surface area contributed by atoms with Crippen LogP contribution in [0.25, 0.3) is 0 Å². The monoisotopic (exact) mass is 351 g/mol. The Balaban J connectivity index is 1.59. The normalized spacial score (nSPS) is 16.5. The van der Waals surface area contributed by atoms with Crippen LogP contribution < -0.4 is 0 Å². The van der Waals surface area contributed by atoms with E-state index in [4.69, 9.17) is 4.52 Å². The third kappa shape index (κ3) is 2.89. The number of hydrogen-bond acceptors (Lipinski definition) is 5. The summed E-state index contributed by atoms with van der Waals surface area (Å²) in [6.07, 6.45) is 7.05. The SMILES string of the molecule is Cc1noc(C)c1CCC(=O)N1CCc2[nH]cnc2C1c1ccncc1. The lowest BCUT2D eigenvalue weighted by Gasteiger charge is -2.35. The number of H-pyrrole nitrogens is 1. The molecule has 3 aromatic rings. The summed E-state index contributed by atoms with van der Waals surface area (Å²) in [7, 11) is 0. The number of pyridine rings is 1. The summed E-state index contributed by atoms with van der Waals surface area (Å²) in [4.78, 5) is 26.8. The first-order valence-corrected chi connectivity index (χ1v) is 8.78. The van der Waals surface area contributed by atoms with Crippen LogP contribution in [-0.2, 0) is 17.6 Å². The fraction of sp³-hybridized carbons (Fsp3) is 0.368. The van der Waals surface area contributed by atoms with Gasteiger partial charge in [-0.3, -0.25) is 9.78 Å². The standard InChI is InChI=1S/C19H21N5O2/c1-12-15(13(2)26-23-12)3-4-17(25)24-10-7-16-18(22-11-21-16)19(24)14-5-8-20-9-6-14/h5-6,8-9,11,19H,3-4,7,10H2,1-2H3,(H,21,22). The molecule has 1 atom stereocenters. The van der Waals surface area contributed by atoms with E-state index in [1.807, 2.05) is 30.9 Å². The molecule has 1 amide bonds. The summed E-state index contributed by atoms with van der Waals surface area (Å²) in [5, 5.41) is 3.97. The zero-order chi connectivity index (χ0) is 18.1. The topological polar surface area (TPSA) is 87.9 Å². The van der Waals surface area contributed by atoms with E-state index >= 15 is 0 Å². The van der Waals surface area contributed by atoms with Crippen molar-refractivity contribution in [2.24, 2.45) is 0 Å². The number of carbonyl (C=O) groups excluding carboxylic acids is 1. The minimum Gasteiger partial charge on any atom is -0.361 e.